The monoisotopic (exact) mass is 253 g/mol. The van der Waals surface area contributed by atoms with Gasteiger partial charge in [0, 0.05) is 13.0 Å². The summed E-state index contributed by atoms with van der Waals surface area (Å²) < 4.78 is 0. The number of aliphatic carboxylic acids is 1. The van der Waals surface area contributed by atoms with Gasteiger partial charge in [-0.1, -0.05) is 25.7 Å². The molecular formula is C14H23NO3. The standard InChI is InChI=1S/C14H23NO3/c16-12(9-11-5-3-1-2-4-6-11)15-10-14(7-8-14)13(17)18/h11H,1-10H2,(H,15,16)(H,17,18). The topological polar surface area (TPSA) is 66.4 Å². The highest BCUT2D eigenvalue weighted by Crippen LogP contribution is 2.45. The first-order chi connectivity index (χ1) is 8.62. The molecule has 18 heavy (non-hydrogen) atoms. The highest BCUT2D eigenvalue weighted by atomic mass is 16.4. The third-order valence-electron chi connectivity index (χ3n) is 4.38. The molecule has 4 nitrogen and oxygen atoms in total. The van der Waals surface area contributed by atoms with Crippen LogP contribution in [0.2, 0.25) is 0 Å². The second-order valence-electron chi connectivity index (χ2n) is 5.92. The summed E-state index contributed by atoms with van der Waals surface area (Å²) in [7, 11) is 0. The fourth-order valence-electron chi connectivity index (χ4n) is 2.79. The zero-order valence-electron chi connectivity index (χ0n) is 10.9. The van der Waals surface area contributed by atoms with Gasteiger partial charge in [0.05, 0.1) is 5.41 Å². The summed E-state index contributed by atoms with van der Waals surface area (Å²) >= 11 is 0. The fourth-order valence-corrected chi connectivity index (χ4v) is 2.79. The lowest BCUT2D eigenvalue weighted by Gasteiger charge is -2.15. The summed E-state index contributed by atoms with van der Waals surface area (Å²) in [4.78, 5) is 22.8. The summed E-state index contributed by atoms with van der Waals surface area (Å²) in [5, 5.41) is 11.8. The van der Waals surface area contributed by atoms with Gasteiger partial charge in [-0.3, -0.25) is 9.59 Å². The zero-order valence-corrected chi connectivity index (χ0v) is 10.9. The van der Waals surface area contributed by atoms with Crippen LogP contribution in [0.15, 0.2) is 0 Å². The van der Waals surface area contributed by atoms with Crippen molar-refractivity contribution in [2.75, 3.05) is 6.54 Å². The lowest BCUT2D eigenvalue weighted by atomic mass is 9.96. The van der Waals surface area contributed by atoms with Crippen LogP contribution in [-0.2, 0) is 9.59 Å². The minimum atomic E-state index is -0.766. The van der Waals surface area contributed by atoms with Crippen LogP contribution in [-0.4, -0.2) is 23.5 Å². The van der Waals surface area contributed by atoms with Gasteiger partial charge in [0.15, 0.2) is 0 Å². The van der Waals surface area contributed by atoms with Crippen molar-refractivity contribution in [1.29, 1.82) is 0 Å². The van der Waals surface area contributed by atoms with E-state index in [0.29, 0.717) is 31.7 Å². The number of hydrogen-bond donors (Lipinski definition) is 2. The summed E-state index contributed by atoms with van der Waals surface area (Å²) in [6.45, 7) is 0.313. The lowest BCUT2D eigenvalue weighted by molar-refractivity contribution is -0.143. The minimum absolute atomic E-state index is 0.0365. The molecule has 1 amide bonds. The van der Waals surface area contributed by atoms with Gasteiger partial charge in [0.25, 0.3) is 0 Å². The van der Waals surface area contributed by atoms with Crippen molar-refractivity contribution in [1.82, 2.24) is 5.32 Å². The summed E-state index contributed by atoms with van der Waals surface area (Å²) in [5.41, 5.74) is -0.640. The van der Waals surface area contributed by atoms with Crippen LogP contribution in [0, 0.1) is 11.3 Å². The Hall–Kier alpha value is -1.06. The number of carboxylic acid groups (broad SMARTS) is 1. The Labute approximate surface area is 108 Å². The van der Waals surface area contributed by atoms with Crippen molar-refractivity contribution >= 4 is 11.9 Å². The number of carbonyl (C=O) groups excluding carboxylic acids is 1. The van der Waals surface area contributed by atoms with Crippen molar-refractivity contribution in [3.8, 4) is 0 Å². The van der Waals surface area contributed by atoms with Crippen molar-refractivity contribution in [2.24, 2.45) is 11.3 Å². The second kappa shape index (κ2) is 5.72. The molecule has 2 aliphatic rings. The summed E-state index contributed by atoms with van der Waals surface area (Å²) in [6.07, 6.45) is 9.33. The van der Waals surface area contributed by atoms with E-state index in [4.69, 9.17) is 5.11 Å². The Balaban J connectivity index is 1.70. The van der Waals surface area contributed by atoms with Gasteiger partial charge in [-0.05, 0) is 31.6 Å². The maximum Gasteiger partial charge on any atom is 0.311 e. The van der Waals surface area contributed by atoms with Gasteiger partial charge in [-0.2, -0.15) is 0 Å². The molecule has 2 fully saturated rings. The molecule has 2 rings (SSSR count). The third kappa shape index (κ3) is 3.47. The highest BCUT2D eigenvalue weighted by Gasteiger charge is 2.50. The van der Waals surface area contributed by atoms with Crippen LogP contribution in [0.3, 0.4) is 0 Å². The average molecular weight is 253 g/mol. The van der Waals surface area contributed by atoms with E-state index in [-0.39, 0.29) is 5.91 Å². The highest BCUT2D eigenvalue weighted by molar-refractivity contribution is 5.81. The van der Waals surface area contributed by atoms with Gasteiger partial charge in [-0.25, -0.2) is 0 Å². The third-order valence-corrected chi connectivity index (χ3v) is 4.38. The number of nitrogens with one attached hydrogen (secondary N) is 1. The summed E-state index contributed by atoms with van der Waals surface area (Å²) in [6, 6.07) is 0. The first kappa shape index (κ1) is 13.4. The lowest BCUT2D eigenvalue weighted by Crippen LogP contribution is -2.35. The molecule has 0 aromatic carbocycles. The SMILES string of the molecule is O=C(CC1CCCCCC1)NCC1(C(=O)O)CC1. The van der Waals surface area contributed by atoms with Gasteiger partial charge in [-0.15, -0.1) is 0 Å². The minimum Gasteiger partial charge on any atom is -0.481 e. The van der Waals surface area contributed by atoms with Gasteiger partial charge < -0.3 is 10.4 Å². The van der Waals surface area contributed by atoms with Gasteiger partial charge in [0.1, 0.15) is 0 Å². The first-order valence-corrected chi connectivity index (χ1v) is 7.12. The normalized spacial score (nSPS) is 23.1. The predicted octanol–water partition coefficient (Wildman–Crippen LogP) is 2.33. The molecule has 0 aromatic heterocycles. The van der Waals surface area contributed by atoms with Crippen LogP contribution in [0.4, 0.5) is 0 Å². The van der Waals surface area contributed by atoms with Crippen molar-refractivity contribution < 1.29 is 14.7 Å². The molecule has 0 radical (unpaired) electrons. The first-order valence-electron chi connectivity index (χ1n) is 7.12. The number of amides is 1. The van der Waals surface area contributed by atoms with E-state index in [1.807, 2.05) is 0 Å². The van der Waals surface area contributed by atoms with Crippen LogP contribution in [0.25, 0.3) is 0 Å². The van der Waals surface area contributed by atoms with E-state index in [2.05, 4.69) is 5.32 Å². The molecule has 2 N–H and O–H groups in total. The van der Waals surface area contributed by atoms with Crippen molar-refractivity contribution in [3.05, 3.63) is 0 Å². The molecule has 0 atom stereocenters. The van der Waals surface area contributed by atoms with Crippen LogP contribution >= 0.6 is 0 Å². The number of hydrogen-bond acceptors (Lipinski definition) is 2. The Bertz CT molecular complexity index is 315. The van der Waals surface area contributed by atoms with Crippen molar-refractivity contribution in [3.63, 3.8) is 0 Å². The maximum atomic E-state index is 11.8. The Kier molecular flexibility index (Phi) is 4.25. The number of rotatable bonds is 5. The molecule has 2 aliphatic carbocycles. The Morgan fingerprint density at radius 2 is 1.72 bits per heavy atom. The van der Waals surface area contributed by atoms with Crippen LogP contribution in [0.1, 0.15) is 57.8 Å². The fraction of sp³-hybridized carbons (Fsp3) is 0.857. The molecule has 0 unspecified atom stereocenters. The molecule has 0 aromatic rings. The van der Waals surface area contributed by atoms with Crippen LogP contribution < -0.4 is 5.32 Å². The van der Waals surface area contributed by atoms with E-state index in [0.717, 1.165) is 12.8 Å². The van der Waals surface area contributed by atoms with E-state index in [1.54, 1.807) is 0 Å². The molecule has 0 saturated heterocycles. The molecule has 0 heterocycles. The van der Waals surface area contributed by atoms with E-state index >= 15 is 0 Å². The quantitative estimate of drug-likeness (QED) is 0.739. The molecule has 0 spiro atoms. The molecule has 2 saturated carbocycles. The van der Waals surface area contributed by atoms with Gasteiger partial charge >= 0.3 is 5.97 Å². The second-order valence-corrected chi connectivity index (χ2v) is 5.92. The average Bonchev–Trinajstić information content (AvgIpc) is 3.12. The molecule has 0 bridgehead atoms. The van der Waals surface area contributed by atoms with E-state index in [9.17, 15) is 9.59 Å². The van der Waals surface area contributed by atoms with E-state index in [1.165, 1.54) is 25.7 Å². The largest absolute Gasteiger partial charge is 0.481 e. The number of carbonyl (C=O) groups is 2. The molecular weight excluding hydrogens is 230 g/mol. The van der Waals surface area contributed by atoms with Crippen molar-refractivity contribution in [2.45, 2.75) is 57.8 Å². The summed E-state index contributed by atoms with van der Waals surface area (Å²) in [5.74, 6) is -0.223. The van der Waals surface area contributed by atoms with Crippen LogP contribution in [0.5, 0.6) is 0 Å². The smallest absolute Gasteiger partial charge is 0.311 e. The zero-order chi connectivity index (χ0) is 13.0. The van der Waals surface area contributed by atoms with Gasteiger partial charge in [0.2, 0.25) is 5.91 Å². The molecule has 102 valence electrons. The molecule has 4 heteroatoms. The number of carboxylic acids is 1. The Morgan fingerprint density at radius 1 is 1.11 bits per heavy atom. The molecule has 0 aliphatic heterocycles. The predicted molar refractivity (Wildman–Crippen MR) is 68.1 cm³/mol. The Morgan fingerprint density at radius 3 is 2.22 bits per heavy atom. The maximum absolute atomic E-state index is 11.8. The van der Waals surface area contributed by atoms with E-state index < -0.39 is 11.4 Å².